The van der Waals surface area contributed by atoms with Crippen LogP contribution >= 0.6 is 0 Å². The summed E-state index contributed by atoms with van der Waals surface area (Å²) < 4.78 is 7.70. The lowest BCUT2D eigenvalue weighted by molar-refractivity contribution is -0.116. The number of para-hydroxylation sites is 5. The maximum atomic E-state index is 12.5. The standard InChI is InChI=1S/C20H15NO.C18H16N2.C7H6N4O.C4H8O/c22-20-14-16-10-4-6-12-18(16)21(20)19-13-7-5-11-17(19)15-8-2-1-3-9-15;19-16-11-5-7-13-18(16)20-17-12-6-4-10-15(17)14-8-2-1-3-9-14;12-7(10-3-1-8-5-10)11-4-2-9-6-11;1-2-4-5-3-1/h1-13H,14H2;1-13,20H,19H2;1-6H;1-4H2. The quantitative estimate of drug-likeness (QED) is 0.167. The summed E-state index contributed by atoms with van der Waals surface area (Å²) in [5, 5.41) is 3.41. The molecular weight excluding hydrogens is 735 g/mol. The van der Waals surface area contributed by atoms with Crippen LogP contribution in [-0.4, -0.2) is 44.3 Å². The van der Waals surface area contributed by atoms with E-state index in [2.05, 4.69) is 57.7 Å². The van der Waals surface area contributed by atoms with Gasteiger partial charge in [-0.3, -0.25) is 18.8 Å². The molecule has 2 aliphatic heterocycles. The van der Waals surface area contributed by atoms with Crippen LogP contribution in [0.5, 0.6) is 0 Å². The van der Waals surface area contributed by atoms with Crippen LogP contribution < -0.4 is 16.0 Å². The van der Waals surface area contributed by atoms with Gasteiger partial charge in [-0.15, -0.1) is 0 Å². The highest BCUT2D eigenvalue weighted by Crippen LogP contribution is 2.40. The van der Waals surface area contributed by atoms with Crippen molar-refractivity contribution in [1.29, 1.82) is 0 Å². The number of nitrogens with two attached hydrogens (primary N) is 1. The molecule has 6 aromatic carbocycles. The zero-order chi connectivity index (χ0) is 40.7. The van der Waals surface area contributed by atoms with Gasteiger partial charge in [0.1, 0.15) is 12.7 Å². The SMILES string of the molecule is C1CCOC1.Nc1ccccc1Nc1ccccc1-c1ccccc1.O=C(n1ccnc1)n1ccnc1.O=C1Cc2ccccc2N1c1ccccc1-c1ccccc1. The molecule has 10 rings (SSSR count). The normalized spacial score (nSPS) is 12.5. The van der Waals surface area contributed by atoms with E-state index in [0.29, 0.717) is 6.42 Å². The van der Waals surface area contributed by atoms with Crippen LogP contribution in [0.15, 0.2) is 195 Å². The second-order valence-corrected chi connectivity index (χ2v) is 13.6. The average Bonchev–Trinajstić information content (AvgIpc) is 4.15. The molecule has 1 fully saturated rings. The number of amides is 1. The molecule has 10 nitrogen and oxygen atoms in total. The van der Waals surface area contributed by atoms with E-state index in [4.69, 9.17) is 10.5 Å². The number of rotatable bonds is 5. The number of imidazole rings is 2. The Morgan fingerprint density at radius 2 is 1.08 bits per heavy atom. The van der Waals surface area contributed by atoms with Gasteiger partial charge in [-0.25, -0.2) is 14.8 Å². The van der Waals surface area contributed by atoms with Crippen molar-refractivity contribution in [3.8, 4) is 22.3 Å². The molecule has 0 aliphatic carbocycles. The predicted molar refractivity (Wildman–Crippen MR) is 236 cm³/mol. The number of nitrogen functional groups attached to an aromatic ring is 1. The van der Waals surface area contributed by atoms with Gasteiger partial charge in [-0.1, -0.05) is 127 Å². The Morgan fingerprint density at radius 3 is 1.66 bits per heavy atom. The van der Waals surface area contributed by atoms with E-state index in [1.54, 1.807) is 24.8 Å². The largest absolute Gasteiger partial charge is 0.397 e. The van der Waals surface area contributed by atoms with Crippen molar-refractivity contribution >= 4 is 40.4 Å². The highest BCUT2D eigenvalue weighted by atomic mass is 16.5. The van der Waals surface area contributed by atoms with Gasteiger partial charge < -0.3 is 15.8 Å². The van der Waals surface area contributed by atoms with Crippen molar-refractivity contribution in [2.24, 2.45) is 0 Å². The second kappa shape index (κ2) is 20.0. The summed E-state index contributed by atoms with van der Waals surface area (Å²) in [6.07, 6.45) is 12.2. The number of hydrogen-bond acceptors (Lipinski definition) is 7. The van der Waals surface area contributed by atoms with E-state index >= 15 is 0 Å². The van der Waals surface area contributed by atoms with E-state index in [1.165, 1.54) is 40.2 Å². The number of benzene rings is 6. The average molecular weight is 780 g/mol. The predicted octanol–water partition coefficient (Wildman–Crippen LogP) is 10.6. The van der Waals surface area contributed by atoms with Crippen LogP contribution in [-0.2, 0) is 16.0 Å². The first kappa shape index (κ1) is 39.7. The number of hydrogen-bond donors (Lipinski definition) is 2. The zero-order valence-electron chi connectivity index (χ0n) is 32.5. The summed E-state index contributed by atoms with van der Waals surface area (Å²) in [4.78, 5) is 33.3. The van der Waals surface area contributed by atoms with Crippen molar-refractivity contribution in [2.45, 2.75) is 19.3 Å². The summed E-state index contributed by atoms with van der Waals surface area (Å²) in [6, 6.07) is 52.4. The third-order valence-electron chi connectivity index (χ3n) is 9.57. The maximum Gasteiger partial charge on any atom is 0.338 e. The molecule has 4 heterocycles. The number of nitrogens with one attached hydrogen (secondary N) is 1. The van der Waals surface area contributed by atoms with Gasteiger partial charge in [0.15, 0.2) is 0 Å². The Kier molecular flexibility index (Phi) is 13.5. The first-order valence-electron chi connectivity index (χ1n) is 19.5. The molecule has 0 saturated carbocycles. The van der Waals surface area contributed by atoms with Crippen LogP contribution in [0, 0.1) is 0 Å². The lowest BCUT2D eigenvalue weighted by Gasteiger charge is -2.21. The van der Waals surface area contributed by atoms with E-state index in [1.807, 2.05) is 120 Å². The molecule has 2 aromatic heterocycles. The first-order valence-corrected chi connectivity index (χ1v) is 19.5. The Bertz CT molecular complexity index is 2490. The van der Waals surface area contributed by atoms with Crippen LogP contribution in [0.3, 0.4) is 0 Å². The fourth-order valence-corrected chi connectivity index (χ4v) is 6.66. The third-order valence-corrected chi connectivity index (χ3v) is 9.57. The molecule has 10 heteroatoms. The minimum Gasteiger partial charge on any atom is -0.397 e. The molecular formula is C49H45N7O3. The van der Waals surface area contributed by atoms with Gasteiger partial charge >= 0.3 is 6.03 Å². The zero-order valence-corrected chi connectivity index (χ0v) is 32.5. The molecule has 1 amide bonds. The van der Waals surface area contributed by atoms with Gasteiger partial charge in [0.25, 0.3) is 0 Å². The van der Waals surface area contributed by atoms with Crippen molar-refractivity contribution in [3.63, 3.8) is 0 Å². The minimum absolute atomic E-state index is 0.129. The Hall–Kier alpha value is -7.56. The number of aromatic nitrogens is 4. The topological polar surface area (TPSA) is 120 Å². The molecule has 1 saturated heterocycles. The van der Waals surface area contributed by atoms with Crippen LogP contribution in [0.2, 0.25) is 0 Å². The summed E-state index contributed by atoms with van der Waals surface area (Å²) in [5.74, 6) is 0.129. The molecule has 3 N–H and O–H groups in total. The van der Waals surface area contributed by atoms with Gasteiger partial charge in [0.2, 0.25) is 5.91 Å². The summed E-state index contributed by atoms with van der Waals surface area (Å²) >= 11 is 0. The van der Waals surface area contributed by atoms with Crippen molar-refractivity contribution in [1.82, 2.24) is 19.1 Å². The number of carbonyl (C=O) groups excluding carboxylic acids is 2. The van der Waals surface area contributed by atoms with Crippen LogP contribution in [0.1, 0.15) is 18.4 Å². The molecule has 8 aromatic rings. The Labute approximate surface area is 344 Å². The maximum absolute atomic E-state index is 12.5. The van der Waals surface area contributed by atoms with Crippen molar-refractivity contribution in [3.05, 3.63) is 201 Å². The smallest absolute Gasteiger partial charge is 0.338 e. The minimum atomic E-state index is -0.190. The number of anilines is 5. The van der Waals surface area contributed by atoms with Gasteiger partial charge in [0.05, 0.1) is 29.2 Å². The number of fused-ring (bicyclic) bond motifs is 1. The monoisotopic (exact) mass is 779 g/mol. The fourth-order valence-electron chi connectivity index (χ4n) is 6.66. The third kappa shape index (κ3) is 10.3. The first-order chi connectivity index (χ1) is 29.1. The molecule has 2 aliphatic rings. The van der Waals surface area contributed by atoms with Crippen molar-refractivity contribution < 1.29 is 14.3 Å². The summed E-state index contributed by atoms with van der Waals surface area (Å²) in [6.45, 7) is 2.00. The molecule has 294 valence electrons. The molecule has 0 spiro atoms. The second-order valence-electron chi connectivity index (χ2n) is 13.6. The Morgan fingerprint density at radius 1 is 0.576 bits per heavy atom. The number of ether oxygens (including phenoxy) is 1. The highest BCUT2D eigenvalue weighted by Gasteiger charge is 2.29. The fraction of sp³-hybridized carbons (Fsp3) is 0.102. The molecule has 0 radical (unpaired) electrons. The van der Waals surface area contributed by atoms with E-state index < -0.39 is 0 Å². The van der Waals surface area contributed by atoms with Crippen LogP contribution in [0.4, 0.5) is 33.2 Å². The number of nitrogens with zero attached hydrogens (tertiary/aromatic N) is 5. The van der Waals surface area contributed by atoms with Gasteiger partial charge in [-0.05, 0) is 59.9 Å². The Balaban J connectivity index is 0.000000131. The van der Waals surface area contributed by atoms with Gasteiger partial charge in [-0.2, -0.15) is 0 Å². The molecule has 0 atom stereocenters. The molecule has 0 bridgehead atoms. The summed E-state index contributed by atoms with van der Waals surface area (Å²) in [5.41, 5.74) is 16.3. The molecule has 59 heavy (non-hydrogen) atoms. The van der Waals surface area contributed by atoms with E-state index in [9.17, 15) is 9.59 Å². The van der Waals surface area contributed by atoms with Gasteiger partial charge in [0, 0.05) is 54.8 Å². The summed E-state index contributed by atoms with van der Waals surface area (Å²) in [7, 11) is 0. The van der Waals surface area contributed by atoms with E-state index in [0.717, 1.165) is 63.9 Å². The van der Waals surface area contributed by atoms with Crippen molar-refractivity contribution in [2.75, 3.05) is 29.2 Å². The number of carbonyl (C=O) groups is 2. The highest BCUT2D eigenvalue weighted by molar-refractivity contribution is 6.09. The lowest BCUT2D eigenvalue weighted by atomic mass is 10.0. The molecule has 0 unspecified atom stereocenters. The van der Waals surface area contributed by atoms with E-state index in [-0.39, 0.29) is 11.9 Å². The lowest BCUT2D eigenvalue weighted by Crippen LogP contribution is -2.21. The van der Waals surface area contributed by atoms with Crippen LogP contribution in [0.25, 0.3) is 22.3 Å².